The maximum absolute atomic E-state index is 14.4. The molecule has 0 radical (unpaired) electrons. The van der Waals surface area contributed by atoms with Gasteiger partial charge >= 0.3 is 12.1 Å². The van der Waals surface area contributed by atoms with Crippen LogP contribution in [0.25, 0.3) is 11.4 Å². The highest BCUT2D eigenvalue weighted by Crippen LogP contribution is 2.30. The summed E-state index contributed by atoms with van der Waals surface area (Å²) in [5.74, 6) is -2.93. The molecule has 0 spiro atoms. The number of nitrogens with one attached hydrogen (secondary N) is 1. The molecule has 11 heteroatoms. The Balaban J connectivity index is 1.50. The number of halogens is 4. The summed E-state index contributed by atoms with van der Waals surface area (Å²) in [6.45, 7) is 1.46. The Hall–Kier alpha value is -3.24. The van der Waals surface area contributed by atoms with Gasteiger partial charge < -0.3 is 14.7 Å². The summed E-state index contributed by atoms with van der Waals surface area (Å²) in [5.41, 5.74) is -0.416. The summed E-state index contributed by atoms with van der Waals surface area (Å²) in [5, 5.41) is 6.01. The average molecular weight is 410 g/mol. The summed E-state index contributed by atoms with van der Waals surface area (Å²) >= 11 is 0. The zero-order valence-electron chi connectivity index (χ0n) is 14.8. The molecule has 0 unspecified atom stereocenters. The lowest BCUT2D eigenvalue weighted by molar-refractivity contribution is -0.159. The van der Waals surface area contributed by atoms with E-state index >= 15 is 0 Å². The summed E-state index contributed by atoms with van der Waals surface area (Å²) < 4.78 is 56.1. The summed E-state index contributed by atoms with van der Waals surface area (Å²) in [7, 11) is 0. The Morgan fingerprint density at radius 3 is 2.48 bits per heavy atom. The van der Waals surface area contributed by atoms with Crippen LogP contribution in [0.15, 0.2) is 32.3 Å². The zero-order chi connectivity index (χ0) is 20.8. The number of benzene rings is 1. The number of nitrogens with zero attached hydrogens (tertiary/aromatic N) is 3. The second-order valence-corrected chi connectivity index (χ2v) is 6.66. The molecule has 1 aliphatic heterocycles. The molecule has 0 bridgehead atoms. The fourth-order valence-electron chi connectivity index (χ4n) is 3.27. The second kappa shape index (κ2) is 6.98. The van der Waals surface area contributed by atoms with Crippen LogP contribution < -0.4 is 21.1 Å². The number of hydrogen-bond donors (Lipinski definition) is 1. The second-order valence-electron chi connectivity index (χ2n) is 6.66. The van der Waals surface area contributed by atoms with Crippen molar-refractivity contribution in [2.24, 2.45) is 0 Å². The minimum Gasteiger partial charge on any atom is -0.376 e. The van der Waals surface area contributed by atoms with E-state index in [1.165, 1.54) is 12.1 Å². The van der Waals surface area contributed by atoms with Crippen LogP contribution in [-0.4, -0.2) is 23.2 Å². The van der Waals surface area contributed by atoms with E-state index in [-0.39, 0.29) is 17.8 Å². The van der Waals surface area contributed by atoms with E-state index in [1.807, 2.05) is 4.90 Å². The lowest BCUT2D eigenvalue weighted by Crippen LogP contribution is -2.41. The third-order valence-corrected chi connectivity index (χ3v) is 4.72. The number of hydrogen-bond acceptors (Lipinski definition) is 7. The standard InChI is InChI=1S/C18H14F4N4O3/c19-11-7-9(3-4-10(11)16-24-17(29-25-16)18(20,21)22)8-23-12-13(15(28)14(12)27)26-5-1-2-6-26/h3-4,7,23H,1-2,5-6,8H2. The van der Waals surface area contributed by atoms with Crippen LogP contribution in [-0.2, 0) is 12.7 Å². The molecule has 29 heavy (non-hydrogen) atoms. The van der Waals surface area contributed by atoms with Gasteiger partial charge in [0.05, 0.1) is 5.56 Å². The Kier molecular flexibility index (Phi) is 4.59. The molecule has 2 aromatic carbocycles. The van der Waals surface area contributed by atoms with E-state index in [0.717, 1.165) is 18.9 Å². The molecule has 0 amide bonds. The van der Waals surface area contributed by atoms with Gasteiger partial charge in [-0.25, -0.2) is 4.39 Å². The first-order valence-corrected chi connectivity index (χ1v) is 8.77. The summed E-state index contributed by atoms with van der Waals surface area (Å²) in [6, 6.07) is 3.77. The van der Waals surface area contributed by atoms with Gasteiger partial charge in [0.25, 0.3) is 10.9 Å². The Morgan fingerprint density at radius 1 is 1.14 bits per heavy atom. The molecule has 1 aliphatic rings. The number of anilines is 2. The first kappa shape index (κ1) is 19.1. The van der Waals surface area contributed by atoms with Crippen molar-refractivity contribution in [3.8, 4) is 11.4 Å². The van der Waals surface area contributed by atoms with E-state index < -0.39 is 34.6 Å². The van der Waals surface area contributed by atoms with Gasteiger partial charge in [-0.2, -0.15) is 18.2 Å². The van der Waals surface area contributed by atoms with Gasteiger partial charge in [0.15, 0.2) is 0 Å². The third kappa shape index (κ3) is 3.47. The van der Waals surface area contributed by atoms with E-state index in [4.69, 9.17) is 0 Å². The fraction of sp³-hybridized carbons (Fsp3) is 0.333. The lowest BCUT2D eigenvalue weighted by atomic mass is 10.1. The Bertz CT molecular complexity index is 1130. The van der Waals surface area contributed by atoms with Crippen molar-refractivity contribution >= 4 is 11.4 Å². The summed E-state index contributed by atoms with van der Waals surface area (Å²) in [4.78, 5) is 28.7. The highest BCUT2D eigenvalue weighted by molar-refractivity contribution is 5.75. The molecule has 1 saturated heterocycles. The van der Waals surface area contributed by atoms with Crippen molar-refractivity contribution < 1.29 is 22.1 Å². The monoisotopic (exact) mass is 410 g/mol. The van der Waals surface area contributed by atoms with Crippen LogP contribution in [0.1, 0.15) is 24.3 Å². The molecule has 2 heterocycles. The highest BCUT2D eigenvalue weighted by atomic mass is 19.4. The van der Waals surface area contributed by atoms with Gasteiger partial charge in [-0.3, -0.25) is 9.59 Å². The quantitative estimate of drug-likeness (QED) is 0.511. The zero-order valence-corrected chi connectivity index (χ0v) is 14.8. The Labute approximate surface area is 160 Å². The number of rotatable bonds is 5. The molecule has 3 aromatic rings. The first-order chi connectivity index (χ1) is 13.8. The topological polar surface area (TPSA) is 88.3 Å². The van der Waals surface area contributed by atoms with Gasteiger partial charge in [0.2, 0.25) is 5.82 Å². The maximum atomic E-state index is 14.4. The molecule has 152 valence electrons. The minimum absolute atomic E-state index is 0.0585. The van der Waals surface area contributed by atoms with Crippen molar-refractivity contribution in [3.63, 3.8) is 0 Å². The van der Waals surface area contributed by atoms with Gasteiger partial charge in [-0.05, 0) is 30.5 Å². The van der Waals surface area contributed by atoms with Crippen LogP contribution in [0.3, 0.4) is 0 Å². The van der Waals surface area contributed by atoms with Crippen molar-refractivity contribution in [3.05, 3.63) is 55.9 Å². The van der Waals surface area contributed by atoms with Gasteiger partial charge in [-0.15, -0.1) is 0 Å². The van der Waals surface area contributed by atoms with Crippen molar-refractivity contribution in [1.82, 2.24) is 10.1 Å². The molecule has 4 rings (SSSR count). The van der Waals surface area contributed by atoms with E-state index in [0.29, 0.717) is 24.3 Å². The number of aromatic nitrogens is 2. The molecular weight excluding hydrogens is 396 g/mol. The first-order valence-electron chi connectivity index (χ1n) is 8.77. The molecule has 0 saturated carbocycles. The third-order valence-electron chi connectivity index (χ3n) is 4.72. The highest BCUT2D eigenvalue weighted by Gasteiger charge is 2.38. The van der Waals surface area contributed by atoms with Crippen molar-refractivity contribution in [2.75, 3.05) is 23.3 Å². The average Bonchev–Trinajstić information content (AvgIpc) is 3.36. The van der Waals surface area contributed by atoms with Crippen LogP contribution in [0.4, 0.5) is 28.9 Å². The molecular formula is C18H14F4N4O3. The smallest absolute Gasteiger partial charge is 0.376 e. The molecule has 0 aliphatic carbocycles. The largest absolute Gasteiger partial charge is 0.471 e. The molecule has 7 nitrogen and oxygen atoms in total. The number of alkyl halides is 3. The van der Waals surface area contributed by atoms with Gasteiger partial charge in [-0.1, -0.05) is 11.2 Å². The lowest BCUT2D eigenvalue weighted by Gasteiger charge is -2.22. The van der Waals surface area contributed by atoms with Crippen molar-refractivity contribution in [1.29, 1.82) is 0 Å². The summed E-state index contributed by atoms with van der Waals surface area (Å²) in [6.07, 6.45) is -2.94. The van der Waals surface area contributed by atoms with Crippen molar-refractivity contribution in [2.45, 2.75) is 25.6 Å². The predicted molar refractivity (Wildman–Crippen MR) is 94.8 cm³/mol. The SMILES string of the molecule is O=c1c(NCc2ccc(-c3noc(C(F)(F)F)n3)c(F)c2)c(N2CCCC2)c1=O. The van der Waals surface area contributed by atoms with Crippen LogP contribution >= 0.6 is 0 Å². The van der Waals surface area contributed by atoms with E-state index in [9.17, 15) is 27.2 Å². The molecule has 1 aromatic heterocycles. The fourth-order valence-corrected chi connectivity index (χ4v) is 3.27. The van der Waals surface area contributed by atoms with Gasteiger partial charge in [0.1, 0.15) is 17.2 Å². The Morgan fingerprint density at radius 2 is 1.86 bits per heavy atom. The molecule has 0 atom stereocenters. The van der Waals surface area contributed by atoms with Crippen LogP contribution in [0, 0.1) is 5.82 Å². The van der Waals surface area contributed by atoms with Crippen LogP contribution in [0.2, 0.25) is 0 Å². The molecule has 1 N–H and O–H groups in total. The van der Waals surface area contributed by atoms with E-state index in [2.05, 4.69) is 20.0 Å². The normalized spacial score (nSPS) is 14.7. The van der Waals surface area contributed by atoms with Gasteiger partial charge in [0, 0.05) is 19.6 Å². The van der Waals surface area contributed by atoms with Crippen LogP contribution in [0.5, 0.6) is 0 Å². The molecule has 1 fully saturated rings. The maximum Gasteiger partial charge on any atom is 0.471 e. The van der Waals surface area contributed by atoms with E-state index in [1.54, 1.807) is 0 Å². The predicted octanol–water partition coefficient (Wildman–Crippen LogP) is 2.70. The minimum atomic E-state index is -4.82.